The molecule has 0 saturated carbocycles. The Hall–Kier alpha value is -3.11. The third-order valence-electron chi connectivity index (χ3n) is 4.50. The van der Waals surface area contributed by atoms with E-state index in [2.05, 4.69) is 21.5 Å². The quantitative estimate of drug-likeness (QED) is 0.271. The molecule has 1 N–H and O–H groups in total. The number of hydrogen-bond donors (Lipinski definition) is 1. The van der Waals surface area contributed by atoms with E-state index in [0.717, 1.165) is 11.8 Å². The largest absolute Gasteiger partial charge is 0.496 e. The fourth-order valence-electron chi connectivity index (χ4n) is 3.06. The summed E-state index contributed by atoms with van der Waals surface area (Å²) in [6.45, 7) is 6.08. The Morgan fingerprint density at radius 1 is 1.22 bits per heavy atom. The first kappa shape index (κ1) is 23.6. The van der Waals surface area contributed by atoms with Crippen LogP contribution in [-0.4, -0.2) is 47.6 Å². The Kier molecular flexibility index (Phi) is 7.37. The minimum Gasteiger partial charge on any atom is -0.496 e. The van der Waals surface area contributed by atoms with E-state index in [0.29, 0.717) is 34.5 Å². The zero-order chi connectivity index (χ0) is 23.3. The number of Topliss-reactive ketones (excluding diaryl/α,β-unsaturated/α-hetero) is 1. The number of rotatable bonds is 10. The second kappa shape index (κ2) is 10.0. The molecule has 1 atom stereocenters. The number of carbonyl (C=O) groups excluding carboxylic acids is 1. The number of sulfonamides is 1. The number of carbonyl (C=O) groups is 1. The minimum atomic E-state index is -3.38. The van der Waals surface area contributed by atoms with Crippen LogP contribution in [0.4, 0.5) is 5.69 Å². The highest BCUT2D eigenvalue weighted by molar-refractivity contribution is 8.00. The highest BCUT2D eigenvalue weighted by Gasteiger charge is 2.22. The van der Waals surface area contributed by atoms with Crippen LogP contribution in [0.25, 0.3) is 11.4 Å². The predicted molar refractivity (Wildman–Crippen MR) is 127 cm³/mol. The van der Waals surface area contributed by atoms with Gasteiger partial charge in [-0.05, 0) is 43.3 Å². The first-order valence-corrected chi connectivity index (χ1v) is 12.5. The van der Waals surface area contributed by atoms with E-state index in [1.165, 1.54) is 11.8 Å². The molecule has 0 unspecified atom stereocenters. The van der Waals surface area contributed by atoms with E-state index >= 15 is 0 Å². The second-order valence-corrected chi connectivity index (χ2v) is 10.0. The van der Waals surface area contributed by atoms with Crippen molar-refractivity contribution in [1.82, 2.24) is 14.8 Å². The van der Waals surface area contributed by atoms with Gasteiger partial charge in [-0.25, -0.2) is 8.42 Å². The summed E-state index contributed by atoms with van der Waals surface area (Å²) in [5.74, 6) is 1.20. The smallest absolute Gasteiger partial charge is 0.229 e. The maximum absolute atomic E-state index is 12.9. The van der Waals surface area contributed by atoms with Crippen LogP contribution in [0.15, 0.2) is 66.3 Å². The van der Waals surface area contributed by atoms with E-state index in [4.69, 9.17) is 4.74 Å². The van der Waals surface area contributed by atoms with Gasteiger partial charge in [0, 0.05) is 17.8 Å². The Morgan fingerprint density at radius 3 is 2.53 bits per heavy atom. The van der Waals surface area contributed by atoms with Gasteiger partial charge in [0.05, 0.1) is 24.2 Å². The molecule has 0 aliphatic carbocycles. The molecule has 2 aromatic carbocycles. The summed E-state index contributed by atoms with van der Waals surface area (Å²) in [5.41, 5.74) is 1.67. The summed E-state index contributed by atoms with van der Waals surface area (Å²) in [4.78, 5) is 12.9. The number of nitrogens with one attached hydrogen (secondary N) is 1. The van der Waals surface area contributed by atoms with Gasteiger partial charge in [0.15, 0.2) is 16.8 Å². The molecule has 8 nitrogen and oxygen atoms in total. The van der Waals surface area contributed by atoms with Crippen molar-refractivity contribution >= 4 is 33.3 Å². The number of ether oxygens (including phenoxy) is 1. The summed E-state index contributed by atoms with van der Waals surface area (Å²) in [6, 6.07) is 13.8. The number of methoxy groups -OCH3 is 1. The molecule has 10 heteroatoms. The highest BCUT2D eigenvalue weighted by Crippen LogP contribution is 2.32. The molecule has 0 aliphatic heterocycles. The summed E-state index contributed by atoms with van der Waals surface area (Å²) in [6.07, 6.45) is 2.82. The van der Waals surface area contributed by atoms with E-state index in [-0.39, 0.29) is 5.78 Å². The van der Waals surface area contributed by atoms with Crippen LogP contribution in [0.3, 0.4) is 0 Å². The number of aromatic nitrogens is 3. The predicted octanol–water partition coefficient (Wildman–Crippen LogP) is 3.87. The number of hydrogen-bond acceptors (Lipinski definition) is 7. The molecule has 3 aromatic rings. The standard InChI is InChI=1S/C22H24N4O4S2/c1-5-14-26-21(18-8-6-7-9-19(18)30-3)23-24-22(26)31-15(2)20(27)16-10-12-17(13-11-16)25-32(4,28)29/h5-13,15,25H,1,14H2,2-4H3/t15-/m1/s1. The van der Waals surface area contributed by atoms with Crippen molar-refractivity contribution < 1.29 is 17.9 Å². The normalized spacial score (nSPS) is 12.2. The maximum Gasteiger partial charge on any atom is 0.229 e. The number of anilines is 1. The fraction of sp³-hybridized carbons (Fsp3) is 0.227. The second-order valence-electron chi connectivity index (χ2n) is 6.98. The van der Waals surface area contributed by atoms with Crippen LogP contribution < -0.4 is 9.46 Å². The minimum absolute atomic E-state index is 0.104. The van der Waals surface area contributed by atoms with Gasteiger partial charge in [-0.15, -0.1) is 16.8 Å². The SMILES string of the molecule is C=CCn1c(S[C@H](C)C(=O)c2ccc(NS(C)(=O)=O)cc2)nnc1-c1ccccc1OC. The number of ketones is 1. The molecule has 1 aromatic heterocycles. The number of para-hydroxylation sites is 1. The van der Waals surface area contributed by atoms with Gasteiger partial charge in [-0.3, -0.25) is 14.1 Å². The zero-order valence-electron chi connectivity index (χ0n) is 18.0. The van der Waals surface area contributed by atoms with E-state index in [1.54, 1.807) is 44.4 Å². The lowest BCUT2D eigenvalue weighted by Crippen LogP contribution is -2.15. The molecule has 0 radical (unpaired) electrons. The zero-order valence-corrected chi connectivity index (χ0v) is 19.6. The van der Waals surface area contributed by atoms with Gasteiger partial charge in [-0.1, -0.05) is 30.0 Å². The molecule has 0 amide bonds. The lowest BCUT2D eigenvalue weighted by Gasteiger charge is -2.13. The Morgan fingerprint density at radius 2 is 1.91 bits per heavy atom. The van der Waals surface area contributed by atoms with Crippen molar-refractivity contribution in [3.05, 3.63) is 66.7 Å². The summed E-state index contributed by atoms with van der Waals surface area (Å²) >= 11 is 1.30. The average molecular weight is 473 g/mol. The highest BCUT2D eigenvalue weighted by atomic mass is 32.2. The van der Waals surface area contributed by atoms with Crippen LogP contribution in [0.5, 0.6) is 5.75 Å². The number of thioether (sulfide) groups is 1. The number of allylic oxidation sites excluding steroid dienone is 1. The van der Waals surface area contributed by atoms with Crippen LogP contribution in [0.2, 0.25) is 0 Å². The van der Waals surface area contributed by atoms with Gasteiger partial charge in [0.2, 0.25) is 10.0 Å². The van der Waals surface area contributed by atoms with E-state index in [1.807, 2.05) is 28.8 Å². The summed E-state index contributed by atoms with van der Waals surface area (Å²) in [5, 5.41) is 8.78. The summed E-state index contributed by atoms with van der Waals surface area (Å²) < 4.78 is 32.4. The van der Waals surface area contributed by atoms with Gasteiger partial charge in [0.25, 0.3) is 0 Å². The van der Waals surface area contributed by atoms with Crippen LogP contribution in [0.1, 0.15) is 17.3 Å². The Bertz CT molecular complexity index is 1220. The molecule has 168 valence electrons. The van der Waals surface area contributed by atoms with Crippen molar-refractivity contribution in [2.24, 2.45) is 0 Å². The van der Waals surface area contributed by atoms with E-state index < -0.39 is 15.3 Å². The van der Waals surface area contributed by atoms with Gasteiger partial charge >= 0.3 is 0 Å². The third-order valence-corrected chi connectivity index (χ3v) is 6.19. The van der Waals surface area contributed by atoms with Crippen molar-refractivity contribution in [1.29, 1.82) is 0 Å². The van der Waals surface area contributed by atoms with Gasteiger partial charge < -0.3 is 4.74 Å². The Labute approximate surface area is 191 Å². The monoisotopic (exact) mass is 472 g/mol. The molecule has 0 aliphatic rings. The third kappa shape index (κ3) is 5.57. The topological polar surface area (TPSA) is 103 Å². The fourth-order valence-corrected chi connectivity index (χ4v) is 4.56. The number of nitrogens with zero attached hydrogens (tertiary/aromatic N) is 3. The van der Waals surface area contributed by atoms with Crippen molar-refractivity contribution in [3.63, 3.8) is 0 Å². The van der Waals surface area contributed by atoms with Crippen molar-refractivity contribution in [2.75, 3.05) is 18.1 Å². The first-order valence-electron chi connectivity index (χ1n) is 9.69. The molecule has 0 fully saturated rings. The average Bonchev–Trinajstić information content (AvgIpc) is 3.14. The molecule has 1 heterocycles. The van der Waals surface area contributed by atoms with Crippen LogP contribution in [0, 0.1) is 0 Å². The molecule has 0 spiro atoms. The molecule has 32 heavy (non-hydrogen) atoms. The molecule has 0 saturated heterocycles. The summed E-state index contributed by atoms with van der Waals surface area (Å²) in [7, 11) is -1.78. The molecular weight excluding hydrogens is 448 g/mol. The van der Waals surface area contributed by atoms with Crippen molar-refractivity contribution in [2.45, 2.75) is 23.9 Å². The van der Waals surface area contributed by atoms with Crippen LogP contribution >= 0.6 is 11.8 Å². The van der Waals surface area contributed by atoms with Crippen molar-refractivity contribution in [3.8, 4) is 17.1 Å². The van der Waals surface area contributed by atoms with E-state index in [9.17, 15) is 13.2 Å². The van der Waals surface area contributed by atoms with Crippen LogP contribution in [-0.2, 0) is 16.6 Å². The lowest BCUT2D eigenvalue weighted by molar-refractivity contribution is 0.0994. The molecular formula is C22H24N4O4S2. The lowest BCUT2D eigenvalue weighted by atomic mass is 10.1. The van der Waals surface area contributed by atoms with Gasteiger partial charge in [0.1, 0.15) is 5.75 Å². The maximum atomic E-state index is 12.9. The Balaban J connectivity index is 1.83. The number of benzene rings is 2. The molecule has 3 rings (SSSR count). The van der Waals surface area contributed by atoms with Gasteiger partial charge in [-0.2, -0.15) is 0 Å². The first-order chi connectivity index (χ1) is 15.2. The molecule has 0 bridgehead atoms.